The summed E-state index contributed by atoms with van der Waals surface area (Å²) in [5.41, 5.74) is 3.65. The van der Waals surface area contributed by atoms with Crippen LogP contribution in [0.1, 0.15) is 57.2 Å². The van der Waals surface area contributed by atoms with Gasteiger partial charge in [-0.05, 0) is 80.8 Å². The van der Waals surface area contributed by atoms with Gasteiger partial charge in [-0.3, -0.25) is 0 Å². The van der Waals surface area contributed by atoms with Crippen molar-refractivity contribution >= 4 is 44.6 Å². The van der Waals surface area contributed by atoms with Crippen molar-refractivity contribution in [1.29, 1.82) is 0 Å². The van der Waals surface area contributed by atoms with Gasteiger partial charge in [0.2, 0.25) is 0 Å². The third-order valence-corrected chi connectivity index (χ3v) is 8.16. The maximum Gasteiger partial charge on any atom is 0.133 e. The molecule has 1 saturated carbocycles. The number of hydrogen-bond acceptors (Lipinski definition) is 2. The Morgan fingerprint density at radius 1 is 1.09 bits per heavy atom. The summed E-state index contributed by atoms with van der Waals surface area (Å²) < 4.78 is 3.44. The summed E-state index contributed by atoms with van der Waals surface area (Å²) in [5, 5.41) is 0.951. The van der Waals surface area contributed by atoms with E-state index in [1.807, 2.05) is 6.08 Å². The third-order valence-electron chi connectivity index (χ3n) is 7.35. The second-order valence-electron chi connectivity index (χ2n) is 9.80. The van der Waals surface area contributed by atoms with Gasteiger partial charge in [-0.15, -0.1) is 0 Å². The zero-order chi connectivity index (χ0) is 21.9. The number of imidazole rings is 1. The van der Waals surface area contributed by atoms with E-state index in [0.717, 1.165) is 46.2 Å². The fraction of sp³-hybridized carbons (Fsp3) is 0.519. The van der Waals surface area contributed by atoms with Crippen LogP contribution in [0.4, 0.5) is 0 Å². The molecule has 1 aromatic heterocycles. The molecule has 0 amide bonds. The molecule has 1 unspecified atom stereocenters. The molecule has 32 heavy (non-hydrogen) atoms. The summed E-state index contributed by atoms with van der Waals surface area (Å²) in [6.07, 6.45) is 19.3. The number of allylic oxidation sites excluding steroid dienone is 4. The molecule has 3 aliphatic rings. The molecule has 3 nitrogen and oxygen atoms in total. The molecule has 5 rings (SSSR count). The lowest BCUT2D eigenvalue weighted by Gasteiger charge is -2.26. The van der Waals surface area contributed by atoms with Gasteiger partial charge >= 0.3 is 0 Å². The summed E-state index contributed by atoms with van der Waals surface area (Å²) in [6.45, 7) is 4.63. The molecular formula is C27H33BrClN3. The van der Waals surface area contributed by atoms with Crippen LogP contribution in [-0.2, 0) is 6.54 Å². The van der Waals surface area contributed by atoms with Gasteiger partial charge < -0.3 is 9.47 Å². The van der Waals surface area contributed by atoms with E-state index in [2.05, 4.69) is 61.8 Å². The fourth-order valence-corrected chi connectivity index (χ4v) is 6.05. The van der Waals surface area contributed by atoms with Crippen LogP contribution in [0.3, 0.4) is 0 Å². The van der Waals surface area contributed by atoms with E-state index in [-0.39, 0.29) is 0 Å². The highest BCUT2D eigenvalue weighted by Gasteiger charge is 2.24. The standard InChI is InChI=1S/C27H33BrClN3/c28-23-9-12-26-25(16-23)30-27(32(26)19-21-6-10-24(29)11-7-21)13-8-22-14-15-31(18-22)17-20-4-2-1-3-5-20/h6,8-10,12-13,16,20,22H,1-5,7,11,14-15,17-19H2/b13-8+. The molecule has 1 saturated heterocycles. The number of aromatic nitrogens is 2. The molecule has 0 radical (unpaired) electrons. The number of hydrogen-bond donors (Lipinski definition) is 0. The van der Waals surface area contributed by atoms with E-state index in [1.165, 1.54) is 69.2 Å². The van der Waals surface area contributed by atoms with E-state index in [0.29, 0.717) is 5.92 Å². The van der Waals surface area contributed by atoms with Crippen molar-refractivity contribution in [1.82, 2.24) is 14.5 Å². The number of benzene rings is 1. The lowest BCUT2D eigenvalue weighted by atomic mass is 9.89. The Hall–Kier alpha value is -1.36. The molecular weight excluding hydrogens is 482 g/mol. The summed E-state index contributed by atoms with van der Waals surface area (Å²) in [5.74, 6) is 2.63. The van der Waals surface area contributed by atoms with Crippen LogP contribution in [0.25, 0.3) is 17.1 Å². The Labute approximate surface area is 205 Å². The van der Waals surface area contributed by atoms with Crippen molar-refractivity contribution < 1.29 is 0 Å². The molecule has 2 aromatic rings. The Morgan fingerprint density at radius 3 is 2.78 bits per heavy atom. The molecule has 2 fully saturated rings. The largest absolute Gasteiger partial charge is 0.320 e. The molecule has 2 heterocycles. The predicted molar refractivity (Wildman–Crippen MR) is 139 cm³/mol. The Bertz CT molecular complexity index is 1040. The Kier molecular flexibility index (Phi) is 7.20. The number of fused-ring (bicyclic) bond motifs is 1. The van der Waals surface area contributed by atoms with Crippen LogP contribution < -0.4 is 0 Å². The summed E-state index contributed by atoms with van der Waals surface area (Å²) >= 11 is 9.79. The number of halogens is 2. The van der Waals surface area contributed by atoms with Crippen LogP contribution in [0.15, 0.2) is 51.5 Å². The second-order valence-corrected chi connectivity index (χ2v) is 11.2. The first-order valence-corrected chi connectivity index (χ1v) is 13.4. The van der Waals surface area contributed by atoms with Crippen molar-refractivity contribution in [3.8, 4) is 0 Å². The van der Waals surface area contributed by atoms with Gasteiger partial charge in [-0.2, -0.15) is 0 Å². The third kappa shape index (κ3) is 5.40. The Balaban J connectivity index is 1.31. The number of nitrogens with zero attached hydrogens (tertiary/aromatic N) is 3. The quantitative estimate of drug-likeness (QED) is 0.396. The highest BCUT2D eigenvalue weighted by atomic mass is 79.9. The minimum Gasteiger partial charge on any atom is -0.320 e. The van der Waals surface area contributed by atoms with Crippen LogP contribution in [0, 0.1) is 11.8 Å². The van der Waals surface area contributed by atoms with Crippen molar-refractivity contribution in [3.05, 3.63) is 57.3 Å². The summed E-state index contributed by atoms with van der Waals surface area (Å²) in [4.78, 5) is 7.69. The van der Waals surface area contributed by atoms with Crippen LogP contribution in [0.2, 0.25) is 0 Å². The van der Waals surface area contributed by atoms with Gasteiger partial charge in [0.25, 0.3) is 0 Å². The zero-order valence-electron chi connectivity index (χ0n) is 18.8. The molecule has 1 aliphatic heterocycles. The predicted octanol–water partition coefficient (Wildman–Crippen LogP) is 7.56. The first kappa shape index (κ1) is 22.4. The first-order chi connectivity index (χ1) is 15.6. The van der Waals surface area contributed by atoms with Gasteiger partial charge in [-0.1, -0.05) is 64.5 Å². The van der Waals surface area contributed by atoms with E-state index < -0.39 is 0 Å². The number of rotatable bonds is 6. The highest BCUT2D eigenvalue weighted by molar-refractivity contribution is 9.10. The van der Waals surface area contributed by atoms with E-state index in [4.69, 9.17) is 16.6 Å². The fourth-order valence-electron chi connectivity index (χ4n) is 5.55. The SMILES string of the molecule is ClC1=CC=C(Cn2c(/C=C/C3CCN(CC4CCCCC4)C3)nc3cc(Br)ccc32)CC1. The first-order valence-electron chi connectivity index (χ1n) is 12.2. The van der Waals surface area contributed by atoms with E-state index >= 15 is 0 Å². The molecule has 170 valence electrons. The van der Waals surface area contributed by atoms with Gasteiger partial charge in [0, 0.05) is 29.1 Å². The van der Waals surface area contributed by atoms with Gasteiger partial charge in [-0.25, -0.2) is 4.98 Å². The maximum atomic E-state index is 6.18. The number of likely N-dealkylation sites (tertiary alicyclic amines) is 1. The maximum absolute atomic E-state index is 6.18. The molecule has 1 atom stereocenters. The lowest BCUT2D eigenvalue weighted by molar-refractivity contribution is 0.231. The Morgan fingerprint density at radius 2 is 1.97 bits per heavy atom. The molecule has 2 aliphatic carbocycles. The summed E-state index contributed by atoms with van der Waals surface area (Å²) in [6, 6.07) is 6.41. The van der Waals surface area contributed by atoms with Crippen molar-refractivity contribution in [2.45, 2.75) is 57.9 Å². The minimum atomic E-state index is 0.634. The van der Waals surface area contributed by atoms with Gasteiger partial charge in [0.15, 0.2) is 0 Å². The average molecular weight is 515 g/mol. The van der Waals surface area contributed by atoms with Crippen molar-refractivity contribution in [3.63, 3.8) is 0 Å². The summed E-state index contributed by atoms with van der Waals surface area (Å²) in [7, 11) is 0. The van der Waals surface area contributed by atoms with Crippen molar-refractivity contribution in [2.75, 3.05) is 19.6 Å². The highest BCUT2D eigenvalue weighted by Crippen LogP contribution is 2.29. The molecule has 0 bridgehead atoms. The topological polar surface area (TPSA) is 21.1 Å². The van der Waals surface area contributed by atoms with Crippen molar-refractivity contribution in [2.24, 2.45) is 11.8 Å². The van der Waals surface area contributed by atoms with Gasteiger partial charge in [0.05, 0.1) is 11.0 Å². The van der Waals surface area contributed by atoms with Gasteiger partial charge in [0.1, 0.15) is 5.82 Å². The lowest BCUT2D eigenvalue weighted by Crippen LogP contribution is -2.28. The molecule has 0 spiro atoms. The molecule has 1 aromatic carbocycles. The zero-order valence-corrected chi connectivity index (χ0v) is 21.1. The van der Waals surface area contributed by atoms with Crippen LogP contribution in [0.5, 0.6) is 0 Å². The van der Waals surface area contributed by atoms with Crippen LogP contribution in [-0.4, -0.2) is 34.1 Å². The van der Waals surface area contributed by atoms with E-state index in [9.17, 15) is 0 Å². The minimum absolute atomic E-state index is 0.634. The second kappa shape index (κ2) is 10.3. The average Bonchev–Trinajstić information content (AvgIpc) is 3.38. The van der Waals surface area contributed by atoms with E-state index in [1.54, 1.807) is 0 Å². The smallest absolute Gasteiger partial charge is 0.133 e. The molecule has 5 heteroatoms. The van der Waals surface area contributed by atoms with Crippen LogP contribution >= 0.6 is 27.5 Å². The normalized spacial score (nSPS) is 23.2. The molecule has 0 N–H and O–H groups in total. The monoisotopic (exact) mass is 513 g/mol.